The van der Waals surface area contributed by atoms with E-state index in [1.807, 2.05) is 27.7 Å². The average molecular weight is 572 g/mol. The van der Waals surface area contributed by atoms with E-state index in [-0.39, 0.29) is 46.2 Å². The quantitative estimate of drug-likeness (QED) is 0.249. The number of ether oxygens (including phenoxy) is 1. The first-order valence-electron chi connectivity index (χ1n) is 12.8. The van der Waals surface area contributed by atoms with Crippen LogP contribution in [-0.2, 0) is 19.6 Å². The van der Waals surface area contributed by atoms with Gasteiger partial charge in [-0.25, -0.2) is 36.1 Å². The Bertz CT molecular complexity index is 1650. The van der Waals surface area contributed by atoms with Crippen molar-refractivity contribution in [2.24, 2.45) is 5.41 Å². The van der Waals surface area contributed by atoms with Crippen LogP contribution in [0.25, 0.3) is 22.4 Å². The molecule has 0 saturated carbocycles. The van der Waals surface area contributed by atoms with Crippen LogP contribution in [-0.4, -0.2) is 46.0 Å². The number of hydrogen-bond donors (Lipinski definition) is 1. The van der Waals surface area contributed by atoms with Crippen molar-refractivity contribution >= 4 is 32.8 Å². The van der Waals surface area contributed by atoms with Gasteiger partial charge in [-0.1, -0.05) is 38.5 Å². The van der Waals surface area contributed by atoms with Crippen LogP contribution in [0.15, 0.2) is 53.8 Å². The zero-order chi connectivity index (χ0) is 29.2. The van der Waals surface area contributed by atoms with Gasteiger partial charge >= 0.3 is 5.97 Å². The normalized spacial score (nSPS) is 12.9. The number of anilines is 1. The van der Waals surface area contributed by atoms with Crippen molar-refractivity contribution in [3.63, 3.8) is 0 Å². The fourth-order valence-corrected chi connectivity index (χ4v) is 5.48. The van der Waals surface area contributed by atoms with Crippen LogP contribution in [0.5, 0.6) is 0 Å². The molecule has 0 fully saturated rings. The third-order valence-corrected chi connectivity index (χ3v) is 8.65. The summed E-state index contributed by atoms with van der Waals surface area (Å²) in [5.74, 6) is -2.15. The van der Waals surface area contributed by atoms with E-state index in [0.29, 0.717) is 6.42 Å². The number of rotatable bonds is 10. The van der Waals surface area contributed by atoms with Crippen molar-refractivity contribution in [1.82, 2.24) is 18.9 Å². The molecule has 9 nitrogen and oxygen atoms in total. The molecule has 1 atom stereocenters. The van der Waals surface area contributed by atoms with E-state index in [1.165, 1.54) is 18.3 Å². The second-order valence-electron chi connectivity index (χ2n) is 10.1. The molecule has 0 bridgehead atoms. The van der Waals surface area contributed by atoms with Gasteiger partial charge in [0, 0.05) is 23.2 Å². The molecule has 0 aliphatic heterocycles. The average Bonchev–Trinajstić information content (AvgIpc) is 3.29. The number of pyridine rings is 1. The second kappa shape index (κ2) is 11.3. The van der Waals surface area contributed by atoms with Crippen LogP contribution in [0.2, 0.25) is 0 Å². The summed E-state index contributed by atoms with van der Waals surface area (Å²) in [4.78, 5) is 24.8. The second-order valence-corrected chi connectivity index (χ2v) is 11.9. The highest BCUT2D eigenvalue weighted by molar-refractivity contribution is 7.90. The minimum atomic E-state index is -4.13. The van der Waals surface area contributed by atoms with Crippen LogP contribution in [0.1, 0.15) is 46.1 Å². The van der Waals surface area contributed by atoms with Crippen LogP contribution in [0, 0.1) is 24.0 Å². The molecule has 0 spiro atoms. The zero-order valence-electron chi connectivity index (χ0n) is 22.9. The molecule has 1 N–H and O–H groups in total. The first kappa shape index (κ1) is 29.1. The minimum Gasteiger partial charge on any atom is -0.466 e. The summed E-state index contributed by atoms with van der Waals surface area (Å²) in [5.41, 5.74) is 0.531. The number of benzene rings is 1. The van der Waals surface area contributed by atoms with Gasteiger partial charge in [0.05, 0.1) is 30.3 Å². The fraction of sp³-hybridized carbons (Fsp3) is 0.357. The van der Waals surface area contributed by atoms with E-state index >= 15 is 0 Å². The number of nitrogens with one attached hydrogen (secondary N) is 1. The van der Waals surface area contributed by atoms with Crippen molar-refractivity contribution in [3.05, 3.63) is 66.1 Å². The Kier molecular flexibility index (Phi) is 8.20. The highest BCUT2D eigenvalue weighted by Gasteiger charge is 2.32. The van der Waals surface area contributed by atoms with E-state index in [4.69, 9.17) is 4.74 Å². The van der Waals surface area contributed by atoms with Crippen LogP contribution in [0.4, 0.5) is 14.6 Å². The maximum atomic E-state index is 15.0. The van der Waals surface area contributed by atoms with Gasteiger partial charge in [-0.05, 0) is 43.9 Å². The molecular formula is C28H31F2N5O4S. The molecule has 3 aromatic heterocycles. The summed E-state index contributed by atoms with van der Waals surface area (Å²) >= 11 is 0. The predicted octanol–water partition coefficient (Wildman–Crippen LogP) is 5.49. The standard InChI is InChI=1S/C28H31F2N5O4S/c1-6-28(4,5)23(13-24(36)39-7-2)33-26-22(30)15-31-25(34-26)21-16-35(27-20(21)12-18(29)14-32-27)40(37,38)19-10-8-17(3)9-11-19/h8-12,14-16,23H,6-7,13H2,1-5H3,(H,31,33,34). The van der Waals surface area contributed by atoms with Crippen LogP contribution in [0.3, 0.4) is 0 Å². The highest BCUT2D eigenvalue weighted by Crippen LogP contribution is 2.34. The molecule has 40 heavy (non-hydrogen) atoms. The van der Waals surface area contributed by atoms with Crippen molar-refractivity contribution in [1.29, 1.82) is 0 Å². The van der Waals surface area contributed by atoms with Crippen molar-refractivity contribution in [2.45, 2.75) is 58.4 Å². The highest BCUT2D eigenvalue weighted by atomic mass is 32.2. The van der Waals surface area contributed by atoms with E-state index in [1.54, 1.807) is 19.1 Å². The van der Waals surface area contributed by atoms with E-state index in [0.717, 1.165) is 28.0 Å². The molecule has 0 radical (unpaired) electrons. The van der Waals surface area contributed by atoms with Crippen LogP contribution >= 0.6 is 0 Å². The van der Waals surface area contributed by atoms with Gasteiger partial charge in [0.25, 0.3) is 10.0 Å². The molecule has 0 aliphatic rings. The number of carbonyl (C=O) groups excluding carboxylic acids is 1. The van der Waals surface area contributed by atoms with Gasteiger partial charge in [-0.3, -0.25) is 4.79 Å². The third kappa shape index (κ3) is 5.81. The number of hydrogen-bond acceptors (Lipinski definition) is 8. The molecule has 4 aromatic rings. The summed E-state index contributed by atoms with van der Waals surface area (Å²) in [7, 11) is -4.13. The Morgan fingerprint density at radius 3 is 2.48 bits per heavy atom. The maximum Gasteiger partial charge on any atom is 0.307 e. The lowest BCUT2D eigenvalue weighted by atomic mass is 9.80. The number of nitrogens with zero attached hydrogens (tertiary/aromatic N) is 4. The monoisotopic (exact) mass is 571 g/mol. The number of halogens is 2. The van der Waals surface area contributed by atoms with Gasteiger partial charge in [0.1, 0.15) is 5.82 Å². The molecular weight excluding hydrogens is 540 g/mol. The minimum absolute atomic E-state index is 0.0126. The van der Waals surface area contributed by atoms with Gasteiger partial charge < -0.3 is 10.1 Å². The number of aromatic nitrogens is 4. The van der Waals surface area contributed by atoms with Gasteiger partial charge in [0.15, 0.2) is 23.1 Å². The molecule has 0 aliphatic carbocycles. The predicted molar refractivity (Wildman–Crippen MR) is 147 cm³/mol. The maximum absolute atomic E-state index is 15.0. The number of aryl methyl sites for hydroxylation is 1. The largest absolute Gasteiger partial charge is 0.466 e. The molecule has 1 aromatic carbocycles. The fourth-order valence-electron chi connectivity index (χ4n) is 4.16. The third-order valence-electron chi connectivity index (χ3n) is 6.98. The molecule has 12 heteroatoms. The molecule has 212 valence electrons. The Morgan fingerprint density at radius 2 is 1.82 bits per heavy atom. The first-order chi connectivity index (χ1) is 18.9. The van der Waals surface area contributed by atoms with E-state index < -0.39 is 39.1 Å². The summed E-state index contributed by atoms with van der Waals surface area (Å²) in [5, 5.41) is 3.15. The van der Waals surface area contributed by atoms with Gasteiger partial charge in [0.2, 0.25) is 0 Å². The lowest BCUT2D eigenvalue weighted by molar-refractivity contribution is -0.144. The lowest BCUT2D eigenvalue weighted by Gasteiger charge is -2.34. The van der Waals surface area contributed by atoms with Crippen molar-refractivity contribution in [3.8, 4) is 11.4 Å². The lowest BCUT2D eigenvalue weighted by Crippen LogP contribution is -2.38. The summed E-state index contributed by atoms with van der Waals surface area (Å²) in [6.45, 7) is 9.57. The van der Waals surface area contributed by atoms with E-state index in [9.17, 15) is 22.0 Å². The van der Waals surface area contributed by atoms with Crippen molar-refractivity contribution < 1.29 is 26.7 Å². The molecule has 0 saturated heterocycles. The molecule has 0 amide bonds. The first-order valence-corrected chi connectivity index (χ1v) is 14.2. The Labute approximate surface area is 231 Å². The smallest absolute Gasteiger partial charge is 0.307 e. The number of carbonyl (C=O) groups is 1. The zero-order valence-corrected chi connectivity index (χ0v) is 23.7. The van der Waals surface area contributed by atoms with E-state index in [2.05, 4.69) is 20.3 Å². The Morgan fingerprint density at radius 1 is 1.12 bits per heavy atom. The van der Waals surface area contributed by atoms with Crippen LogP contribution < -0.4 is 5.32 Å². The molecule has 4 rings (SSSR count). The number of esters is 1. The van der Waals surface area contributed by atoms with Gasteiger partial charge in [-0.15, -0.1) is 0 Å². The van der Waals surface area contributed by atoms with Crippen molar-refractivity contribution in [2.75, 3.05) is 11.9 Å². The summed E-state index contributed by atoms with van der Waals surface area (Å²) in [6.07, 6.45) is 3.74. The Hall–Kier alpha value is -3.93. The topological polar surface area (TPSA) is 116 Å². The summed E-state index contributed by atoms with van der Waals surface area (Å²) < 4.78 is 62.4. The molecule has 3 heterocycles. The van der Waals surface area contributed by atoms with Gasteiger partial charge in [-0.2, -0.15) is 0 Å². The Balaban J connectivity index is 1.82. The SMILES string of the molecule is CCOC(=O)CC(Nc1nc(-c2cn(S(=O)(=O)c3ccc(C)cc3)c3ncc(F)cc23)ncc1F)C(C)(C)CC. The summed E-state index contributed by atoms with van der Waals surface area (Å²) in [6, 6.07) is 6.85. The molecule has 1 unspecified atom stereocenters. The number of fused-ring (bicyclic) bond motifs is 1.